The maximum absolute atomic E-state index is 11.8. The lowest BCUT2D eigenvalue weighted by Gasteiger charge is -2.30. The third kappa shape index (κ3) is 4.51. The Bertz CT molecular complexity index is 1390. The van der Waals surface area contributed by atoms with E-state index in [2.05, 4.69) is 29.5 Å². The second kappa shape index (κ2) is 8.64. The number of nitrogens with zero attached hydrogens (tertiary/aromatic N) is 4. The first-order chi connectivity index (χ1) is 15.9. The van der Waals surface area contributed by atoms with Crippen LogP contribution < -0.4 is 10.1 Å². The fraction of sp³-hybridized carbons (Fsp3) is 0.333. The van der Waals surface area contributed by atoms with Gasteiger partial charge in [0.05, 0.1) is 29.2 Å². The standard InChI is InChI=1S/C24H27N5O3S/c1-17(26-21-9-12-25-29-13-5-8-23(21)29)22-16-18-6-3-4-7-20(18)24(27-22)32-19-10-14-28(15-11-19)33(2,30)31/h3-9,12-13,16-17,19,26H,10-11,14-15H2,1-2H3/t17-/m0/s1. The second-order valence-electron chi connectivity index (χ2n) is 8.50. The molecule has 33 heavy (non-hydrogen) atoms. The van der Waals surface area contributed by atoms with Crippen LogP contribution in [-0.2, 0) is 10.0 Å². The summed E-state index contributed by atoms with van der Waals surface area (Å²) in [5.41, 5.74) is 2.85. The van der Waals surface area contributed by atoms with Crippen molar-refractivity contribution in [3.8, 4) is 5.88 Å². The fourth-order valence-electron chi connectivity index (χ4n) is 4.32. The summed E-state index contributed by atoms with van der Waals surface area (Å²) in [5, 5.41) is 9.89. The zero-order chi connectivity index (χ0) is 23.0. The second-order valence-corrected chi connectivity index (χ2v) is 10.5. The first-order valence-electron chi connectivity index (χ1n) is 11.1. The average molecular weight is 466 g/mol. The number of anilines is 1. The highest BCUT2D eigenvalue weighted by molar-refractivity contribution is 7.88. The summed E-state index contributed by atoms with van der Waals surface area (Å²) in [5.74, 6) is 0.595. The average Bonchev–Trinajstić information content (AvgIpc) is 3.29. The summed E-state index contributed by atoms with van der Waals surface area (Å²) in [4.78, 5) is 4.89. The predicted molar refractivity (Wildman–Crippen MR) is 129 cm³/mol. The summed E-state index contributed by atoms with van der Waals surface area (Å²) in [6.45, 7) is 3.01. The first kappa shape index (κ1) is 21.7. The van der Waals surface area contributed by atoms with Gasteiger partial charge in [0.25, 0.3) is 0 Å². The third-order valence-corrected chi connectivity index (χ3v) is 7.43. The number of rotatable bonds is 6. The van der Waals surface area contributed by atoms with Gasteiger partial charge in [0, 0.05) is 30.9 Å². The topological polar surface area (TPSA) is 88.8 Å². The van der Waals surface area contributed by atoms with E-state index in [0.29, 0.717) is 31.8 Å². The summed E-state index contributed by atoms with van der Waals surface area (Å²) < 4.78 is 33.3. The van der Waals surface area contributed by atoms with E-state index >= 15 is 0 Å². The van der Waals surface area contributed by atoms with E-state index in [4.69, 9.17) is 9.72 Å². The molecule has 8 nitrogen and oxygen atoms in total. The van der Waals surface area contributed by atoms with Crippen LogP contribution in [0.4, 0.5) is 5.69 Å². The Morgan fingerprint density at radius 2 is 1.91 bits per heavy atom. The Labute approximate surface area is 193 Å². The summed E-state index contributed by atoms with van der Waals surface area (Å²) >= 11 is 0. The van der Waals surface area contributed by atoms with Gasteiger partial charge in [0.15, 0.2) is 0 Å². The van der Waals surface area contributed by atoms with Crippen molar-refractivity contribution in [1.82, 2.24) is 18.9 Å². The largest absolute Gasteiger partial charge is 0.474 e. The Balaban J connectivity index is 1.41. The maximum atomic E-state index is 11.8. The zero-order valence-corrected chi connectivity index (χ0v) is 19.5. The molecule has 1 aliphatic rings. The number of hydrogen-bond acceptors (Lipinski definition) is 6. The molecular formula is C24H27N5O3S. The minimum atomic E-state index is -3.17. The number of hydrogen-bond donors (Lipinski definition) is 1. The molecule has 1 N–H and O–H groups in total. The van der Waals surface area contributed by atoms with Crippen LogP contribution in [-0.4, -0.2) is 52.8 Å². The molecule has 5 rings (SSSR count). The molecule has 1 saturated heterocycles. The van der Waals surface area contributed by atoms with Gasteiger partial charge in [0.1, 0.15) is 6.10 Å². The van der Waals surface area contributed by atoms with Crippen molar-refractivity contribution in [3.05, 3.63) is 66.6 Å². The van der Waals surface area contributed by atoms with Gasteiger partial charge in [-0.15, -0.1) is 0 Å². The number of ether oxygens (including phenoxy) is 1. The van der Waals surface area contributed by atoms with E-state index in [9.17, 15) is 8.42 Å². The molecule has 0 spiro atoms. The molecule has 4 aromatic rings. The minimum absolute atomic E-state index is 0.0647. The molecule has 0 amide bonds. The number of aromatic nitrogens is 3. The van der Waals surface area contributed by atoms with Crippen LogP contribution in [0.25, 0.3) is 16.3 Å². The van der Waals surface area contributed by atoms with Crippen LogP contribution in [0.5, 0.6) is 5.88 Å². The number of sulfonamides is 1. The predicted octanol–water partition coefficient (Wildman–Crippen LogP) is 3.86. The summed E-state index contributed by atoms with van der Waals surface area (Å²) in [6.07, 6.45) is 6.16. The molecule has 4 heterocycles. The summed E-state index contributed by atoms with van der Waals surface area (Å²) in [7, 11) is -3.17. The van der Waals surface area contributed by atoms with Gasteiger partial charge < -0.3 is 10.1 Å². The number of pyridine rings is 1. The van der Waals surface area contributed by atoms with Crippen molar-refractivity contribution in [2.24, 2.45) is 0 Å². The number of fused-ring (bicyclic) bond motifs is 2. The van der Waals surface area contributed by atoms with E-state index in [1.54, 1.807) is 6.20 Å². The van der Waals surface area contributed by atoms with Gasteiger partial charge in [-0.3, -0.25) is 0 Å². The van der Waals surface area contributed by atoms with E-state index in [1.807, 2.05) is 47.1 Å². The number of nitrogens with one attached hydrogen (secondary N) is 1. The lowest BCUT2D eigenvalue weighted by molar-refractivity contribution is 0.132. The molecule has 172 valence electrons. The van der Waals surface area contributed by atoms with Gasteiger partial charge in [-0.05, 0) is 55.5 Å². The minimum Gasteiger partial charge on any atom is -0.474 e. The molecule has 0 aliphatic carbocycles. The van der Waals surface area contributed by atoms with Gasteiger partial charge in [-0.1, -0.05) is 18.2 Å². The number of benzene rings is 1. The summed E-state index contributed by atoms with van der Waals surface area (Å²) in [6, 6.07) is 16.0. The Kier molecular flexibility index (Phi) is 5.67. The van der Waals surface area contributed by atoms with Crippen LogP contribution in [0.2, 0.25) is 0 Å². The molecule has 3 aromatic heterocycles. The molecule has 0 saturated carbocycles. The Morgan fingerprint density at radius 3 is 2.70 bits per heavy atom. The molecule has 9 heteroatoms. The van der Waals surface area contributed by atoms with Crippen LogP contribution >= 0.6 is 0 Å². The van der Waals surface area contributed by atoms with Gasteiger partial charge in [0.2, 0.25) is 15.9 Å². The number of piperidine rings is 1. The van der Waals surface area contributed by atoms with Crippen LogP contribution in [0.1, 0.15) is 31.5 Å². The molecule has 0 radical (unpaired) electrons. The van der Waals surface area contributed by atoms with E-state index < -0.39 is 10.0 Å². The van der Waals surface area contributed by atoms with Crippen molar-refractivity contribution >= 4 is 32.0 Å². The Morgan fingerprint density at radius 1 is 1.12 bits per heavy atom. The monoisotopic (exact) mass is 465 g/mol. The molecule has 1 fully saturated rings. The quantitative estimate of drug-likeness (QED) is 0.465. The van der Waals surface area contributed by atoms with Crippen molar-refractivity contribution in [2.45, 2.75) is 31.9 Å². The highest BCUT2D eigenvalue weighted by Gasteiger charge is 2.27. The van der Waals surface area contributed by atoms with E-state index in [-0.39, 0.29) is 12.1 Å². The zero-order valence-electron chi connectivity index (χ0n) is 18.7. The third-order valence-electron chi connectivity index (χ3n) is 6.13. The normalized spacial score (nSPS) is 16.8. The van der Waals surface area contributed by atoms with Crippen LogP contribution in [0.15, 0.2) is 60.9 Å². The smallest absolute Gasteiger partial charge is 0.221 e. The lowest BCUT2D eigenvalue weighted by Crippen LogP contribution is -2.41. The SMILES string of the molecule is C[C@H](Nc1ccnn2cccc12)c1cc2ccccc2c(OC2CCN(S(C)(=O)=O)CC2)n1. The van der Waals surface area contributed by atoms with Gasteiger partial charge >= 0.3 is 0 Å². The van der Waals surface area contributed by atoms with Gasteiger partial charge in [-0.25, -0.2) is 22.2 Å². The maximum Gasteiger partial charge on any atom is 0.221 e. The van der Waals surface area contributed by atoms with Crippen LogP contribution in [0, 0.1) is 0 Å². The highest BCUT2D eigenvalue weighted by Crippen LogP contribution is 2.31. The molecule has 0 unspecified atom stereocenters. The molecule has 1 atom stereocenters. The fourth-order valence-corrected chi connectivity index (χ4v) is 5.19. The van der Waals surface area contributed by atoms with Crippen molar-refractivity contribution in [1.29, 1.82) is 0 Å². The lowest BCUT2D eigenvalue weighted by atomic mass is 10.1. The van der Waals surface area contributed by atoms with E-state index in [1.165, 1.54) is 10.6 Å². The highest BCUT2D eigenvalue weighted by atomic mass is 32.2. The Hall–Kier alpha value is -3.17. The molecule has 1 aromatic carbocycles. The molecule has 1 aliphatic heterocycles. The van der Waals surface area contributed by atoms with Crippen molar-refractivity contribution in [3.63, 3.8) is 0 Å². The van der Waals surface area contributed by atoms with Crippen molar-refractivity contribution in [2.75, 3.05) is 24.7 Å². The first-order valence-corrected chi connectivity index (χ1v) is 12.9. The van der Waals surface area contributed by atoms with Crippen LogP contribution in [0.3, 0.4) is 0 Å². The van der Waals surface area contributed by atoms with E-state index in [0.717, 1.165) is 27.7 Å². The van der Waals surface area contributed by atoms with Crippen molar-refractivity contribution < 1.29 is 13.2 Å². The van der Waals surface area contributed by atoms with Gasteiger partial charge in [-0.2, -0.15) is 5.10 Å². The molecular weight excluding hydrogens is 438 g/mol. The molecule has 0 bridgehead atoms.